The molecular formula is C13H19N5O. The maximum Gasteiger partial charge on any atom is 0.229 e. The number of H-pyrrole nitrogens is 1. The third-order valence-electron chi connectivity index (χ3n) is 3.88. The lowest BCUT2D eigenvalue weighted by molar-refractivity contribution is 0.119. The van der Waals surface area contributed by atoms with Crippen LogP contribution in [0, 0.1) is 5.92 Å². The molecular weight excluding hydrogens is 242 g/mol. The number of ether oxygens (including phenoxy) is 1. The van der Waals surface area contributed by atoms with Crippen molar-refractivity contribution in [1.29, 1.82) is 0 Å². The van der Waals surface area contributed by atoms with E-state index in [2.05, 4.69) is 27.1 Å². The standard InChI is InChI=1S/C13H19N5O/c1-2-8-4-3-5-9(6-8)19-12-10-7-15-18-11(10)16-13(14)17-12/h7-9H,2-6H2,1H3,(H3,14,15,16,17,18). The predicted octanol–water partition coefficient (Wildman–Crippen LogP) is 2.28. The predicted molar refractivity (Wildman–Crippen MR) is 72.8 cm³/mol. The van der Waals surface area contributed by atoms with Gasteiger partial charge in [0.2, 0.25) is 11.8 Å². The van der Waals surface area contributed by atoms with Gasteiger partial charge in [-0.1, -0.05) is 19.8 Å². The third-order valence-corrected chi connectivity index (χ3v) is 3.88. The minimum Gasteiger partial charge on any atom is -0.474 e. The molecule has 2 heterocycles. The second-order valence-corrected chi connectivity index (χ2v) is 5.20. The van der Waals surface area contributed by atoms with E-state index in [9.17, 15) is 0 Å². The van der Waals surface area contributed by atoms with Crippen molar-refractivity contribution in [2.45, 2.75) is 45.1 Å². The molecule has 0 aromatic carbocycles. The minimum atomic E-state index is 0.217. The highest BCUT2D eigenvalue weighted by Gasteiger charge is 2.23. The Hall–Kier alpha value is -1.85. The van der Waals surface area contributed by atoms with Gasteiger partial charge in [-0.3, -0.25) is 5.10 Å². The van der Waals surface area contributed by atoms with E-state index in [1.807, 2.05) is 0 Å². The van der Waals surface area contributed by atoms with Crippen molar-refractivity contribution in [2.75, 3.05) is 5.73 Å². The first-order valence-electron chi connectivity index (χ1n) is 6.89. The van der Waals surface area contributed by atoms with E-state index in [1.165, 1.54) is 19.3 Å². The van der Waals surface area contributed by atoms with E-state index < -0.39 is 0 Å². The molecule has 6 heteroatoms. The van der Waals surface area contributed by atoms with E-state index >= 15 is 0 Å². The molecule has 19 heavy (non-hydrogen) atoms. The van der Waals surface area contributed by atoms with Gasteiger partial charge in [0.25, 0.3) is 0 Å². The van der Waals surface area contributed by atoms with E-state index in [0.717, 1.165) is 24.1 Å². The molecule has 2 aromatic heterocycles. The first kappa shape index (κ1) is 12.2. The summed E-state index contributed by atoms with van der Waals surface area (Å²) >= 11 is 0. The zero-order valence-corrected chi connectivity index (χ0v) is 11.1. The highest BCUT2D eigenvalue weighted by molar-refractivity contribution is 5.80. The Balaban J connectivity index is 1.82. The van der Waals surface area contributed by atoms with E-state index in [1.54, 1.807) is 6.20 Å². The Kier molecular flexibility index (Phi) is 3.23. The first-order valence-corrected chi connectivity index (χ1v) is 6.89. The van der Waals surface area contributed by atoms with Crippen molar-refractivity contribution in [3.8, 4) is 5.88 Å². The van der Waals surface area contributed by atoms with Gasteiger partial charge in [-0.15, -0.1) is 0 Å². The molecule has 0 spiro atoms. The lowest BCUT2D eigenvalue weighted by atomic mass is 9.85. The molecule has 0 amide bonds. The van der Waals surface area contributed by atoms with Gasteiger partial charge in [-0.05, 0) is 25.2 Å². The molecule has 1 aliphatic carbocycles. The van der Waals surface area contributed by atoms with E-state index in [4.69, 9.17) is 10.5 Å². The number of fused-ring (bicyclic) bond motifs is 1. The van der Waals surface area contributed by atoms with Crippen molar-refractivity contribution in [1.82, 2.24) is 20.2 Å². The molecule has 1 aliphatic rings. The second-order valence-electron chi connectivity index (χ2n) is 5.20. The summed E-state index contributed by atoms with van der Waals surface area (Å²) in [5.74, 6) is 1.53. The van der Waals surface area contributed by atoms with Crippen LogP contribution in [0.4, 0.5) is 5.95 Å². The number of rotatable bonds is 3. The van der Waals surface area contributed by atoms with Crippen LogP contribution in [-0.2, 0) is 0 Å². The normalized spacial score (nSPS) is 23.6. The Morgan fingerprint density at radius 2 is 2.32 bits per heavy atom. The SMILES string of the molecule is CCC1CCCC(Oc2nc(N)nc3[nH]ncc23)C1. The summed E-state index contributed by atoms with van der Waals surface area (Å²) in [5.41, 5.74) is 6.32. The molecule has 0 bridgehead atoms. The fourth-order valence-corrected chi connectivity index (χ4v) is 2.79. The van der Waals surface area contributed by atoms with Gasteiger partial charge < -0.3 is 10.5 Å². The number of aromatic amines is 1. The molecule has 2 unspecified atom stereocenters. The zero-order valence-electron chi connectivity index (χ0n) is 11.1. The monoisotopic (exact) mass is 261 g/mol. The summed E-state index contributed by atoms with van der Waals surface area (Å²) in [5, 5.41) is 7.56. The number of hydrogen-bond acceptors (Lipinski definition) is 5. The number of anilines is 1. The summed E-state index contributed by atoms with van der Waals surface area (Å²) in [6.45, 7) is 2.24. The lowest BCUT2D eigenvalue weighted by Gasteiger charge is -2.28. The molecule has 3 N–H and O–H groups in total. The molecule has 0 radical (unpaired) electrons. The van der Waals surface area contributed by atoms with Gasteiger partial charge in [0, 0.05) is 0 Å². The zero-order chi connectivity index (χ0) is 13.2. The van der Waals surface area contributed by atoms with Crippen LogP contribution in [0.15, 0.2) is 6.20 Å². The maximum atomic E-state index is 6.05. The first-order chi connectivity index (χ1) is 9.26. The van der Waals surface area contributed by atoms with Crippen molar-refractivity contribution in [3.63, 3.8) is 0 Å². The van der Waals surface area contributed by atoms with Crippen LogP contribution in [0.2, 0.25) is 0 Å². The van der Waals surface area contributed by atoms with Crippen LogP contribution < -0.4 is 10.5 Å². The summed E-state index contributed by atoms with van der Waals surface area (Å²) in [7, 11) is 0. The summed E-state index contributed by atoms with van der Waals surface area (Å²) < 4.78 is 6.05. The maximum absolute atomic E-state index is 6.05. The van der Waals surface area contributed by atoms with Crippen LogP contribution in [0.1, 0.15) is 39.0 Å². The van der Waals surface area contributed by atoms with Gasteiger partial charge in [-0.2, -0.15) is 15.1 Å². The Labute approximate surface area is 111 Å². The molecule has 3 rings (SSSR count). The Bertz CT molecular complexity index is 567. The Morgan fingerprint density at radius 1 is 1.42 bits per heavy atom. The number of nitrogen functional groups attached to an aromatic ring is 1. The number of nitrogens with one attached hydrogen (secondary N) is 1. The minimum absolute atomic E-state index is 0.217. The molecule has 0 saturated heterocycles. The van der Waals surface area contributed by atoms with Crippen LogP contribution in [0.3, 0.4) is 0 Å². The Morgan fingerprint density at radius 3 is 3.16 bits per heavy atom. The number of hydrogen-bond donors (Lipinski definition) is 2. The fraction of sp³-hybridized carbons (Fsp3) is 0.615. The van der Waals surface area contributed by atoms with Crippen LogP contribution in [0.5, 0.6) is 5.88 Å². The number of aromatic nitrogens is 4. The molecule has 2 atom stereocenters. The van der Waals surface area contributed by atoms with E-state index in [0.29, 0.717) is 11.5 Å². The second kappa shape index (κ2) is 5.03. The van der Waals surface area contributed by atoms with Gasteiger partial charge in [0.15, 0.2) is 5.65 Å². The fourth-order valence-electron chi connectivity index (χ4n) is 2.79. The largest absolute Gasteiger partial charge is 0.474 e. The van der Waals surface area contributed by atoms with Gasteiger partial charge in [0.1, 0.15) is 11.5 Å². The quantitative estimate of drug-likeness (QED) is 0.884. The number of nitrogens with two attached hydrogens (primary N) is 1. The van der Waals surface area contributed by atoms with Gasteiger partial charge in [0.05, 0.1) is 6.20 Å². The smallest absolute Gasteiger partial charge is 0.229 e. The highest BCUT2D eigenvalue weighted by Crippen LogP contribution is 2.31. The van der Waals surface area contributed by atoms with Crippen LogP contribution >= 0.6 is 0 Å². The van der Waals surface area contributed by atoms with Gasteiger partial charge in [-0.25, -0.2) is 0 Å². The molecule has 2 aromatic rings. The number of nitrogens with zero attached hydrogens (tertiary/aromatic N) is 3. The van der Waals surface area contributed by atoms with E-state index in [-0.39, 0.29) is 12.1 Å². The average Bonchev–Trinajstić information content (AvgIpc) is 2.87. The molecule has 6 nitrogen and oxygen atoms in total. The lowest BCUT2D eigenvalue weighted by Crippen LogP contribution is -2.25. The summed E-state index contributed by atoms with van der Waals surface area (Å²) in [4.78, 5) is 8.29. The molecule has 1 saturated carbocycles. The third kappa shape index (κ3) is 2.47. The topological polar surface area (TPSA) is 89.7 Å². The van der Waals surface area contributed by atoms with Crippen molar-refractivity contribution >= 4 is 17.0 Å². The molecule has 0 aliphatic heterocycles. The van der Waals surface area contributed by atoms with Gasteiger partial charge >= 0.3 is 0 Å². The van der Waals surface area contributed by atoms with Crippen LogP contribution in [-0.4, -0.2) is 26.3 Å². The molecule has 1 fully saturated rings. The average molecular weight is 261 g/mol. The summed E-state index contributed by atoms with van der Waals surface area (Å²) in [6, 6.07) is 0. The molecule has 102 valence electrons. The summed E-state index contributed by atoms with van der Waals surface area (Å²) in [6.07, 6.45) is 7.84. The van der Waals surface area contributed by atoms with Crippen molar-refractivity contribution in [3.05, 3.63) is 6.20 Å². The van der Waals surface area contributed by atoms with Crippen LogP contribution in [0.25, 0.3) is 11.0 Å². The highest BCUT2D eigenvalue weighted by atomic mass is 16.5. The van der Waals surface area contributed by atoms with Crippen molar-refractivity contribution < 1.29 is 4.74 Å². The van der Waals surface area contributed by atoms with Crippen molar-refractivity contribution in [2.24, 2.45) is 5.92 Å².